The van der Waals surface area contributed by atoms with E-state index in [1.165, 1.54) is 5.56 Å². The molecule has 1 aromatic carbocycles. The molecular formula is C13H24Cl2N4S. The molecule has 0 fully saturated rings. The van der Waals surface area contributed by atoms with Crippen molar-refractivity contribution < 1.29 is 0 Å². The fourth-order valence-electron chi connectivity index (χ4n) is 1.75. The Kier molecular flexibility index (Phi) is 12.3. The average molecular weight is 339 g/mol. The van der Waals surface area contributed by atoms with E-state index in [0.717, 1.165) is 23.5 Å². The predicted molar refractivity (Wildman–Crippen MR) is 95.6 cm³/mol. The summed E-state index contributed by atoms with van der Waals surface area (Å²) in [5, 5.41) is 0.592. The Labute approximate surface area is 138 Å². The van der Waals surface area contributed by atoms with Crippen LogP contribution in [0.1, 0.15) is 18.1 Å². The number of nitrogens with two attached hydrogens (primary N) is 2. The summed E-state index contributed by atoms with van der Waals surface area (Å²) in [5.74, 6) is 0.921. The van der Waals surface area contributed by atoms with Gasteiger partial charge in [0.05, 0.1) is 5.69 Å². The Morgan fingerprint density at radius 2 is 1.95 bits per heavy atom. The third-order valence-corrected chi connectivity index (χ3v) is 3.14. The van der Waals surface area contributed by atoms with Crippen LogP contribution in [0.5, 0.6) is 0 Å². The van der Waals surface area contributed by atoms with Crippen molar-refractivity contribution in [3.05, 3.63) is 29.3 Å². The van der Waals surface area contributed by atoms with E-state index in [1.807, 2.05) is 26.2 Å². The molecule has 20 heavy (non-hydrogen) atoms. The maximum Gasteiger partial charge on any atom is 0.159 e. The van der Waals surface area contributed by atoms with Crippen molar-refractivity contribution >= 4 is 47.4 Å². The minimum atomic E-state index is 0. The molecule has 116 valence electrons. The number of rotatable bonds is 5. The molecule has 0 saturated carbocycles. The normalized spacial score (nSPS) is 10.9. The number of nitrogens with zero attached hydrogens (tertiary/aromatic N) is 2. The predicted octanol–water partition coefficient (Wildman–Crippen LogP) is 2.75. The lowest BCUT2D eigenvalue weighted by Crippen LogP contribution is -2.14. The van der Waals surface area contributed by atoms with Gasteiger partial charge in [-0.05, 0) is 37.0 Å². The van der Waals surface area contributed by atoms with E-state index in [4.69, 9.17) is 11.5 Å². The minimum absolute atomic E-state index is 0. The molecule has 0 aliphatic carbocycles. The number of aliphatic imine (C=N–C) groups is 1. The van der Waals surface area contributed by atoms with Crippen molar-refractivity contribution in [1.29, 1.82) is 0 Å². The van der Waals surface area contributed by atoms with Gasteiger partial charge in [-0.3, -0.25) is 0 Å². The van der Waals surface area contributed by atoms with Gasteiger partial charge in [-0.25, -0.2) is 4.99 Å². The van der Waals surface area contributed by atoms with Crippen LogP contribution in [0.15, 0.2) is 23.2 Å². The van der Waals surface area contributed by atoms with E-state index in [2.05, 4.69) is 22.9 Å². The molecule has 7 heteroatoms. The maximum atomic E-state index is 5.85. The first kappa shape index (κ1) is 21.8. The molecule has 0 bridgehead atoms. The molecule has 0 aliphatic heterocycles. The second-order valence-electron chi connectivity index (χ2n) is 4.24. The van der Waals surface area contributed by atoms with Crippen LogP contribution in [0.2, 0.25) is 0 Å². The van der Waals surface area contributed by atoms with Gasteiger partial charge >= 0.3 is 0 Å². The topological polar surface area (TPSA) is 67.6 Å². The Balaban J connectivity index is 0. The number of hydrogen-bond acceptors (Lipinski definition) is 4. The second kappa shape index (κ2) is 11.2. The molecule has 4 N–H and O–H groups in total. The van der Waals surface area contributed by atoms with Crippen LogP contribution in [0, 0.1) is 0 Å². The van der Waals surface area contributed by atoms with Gasteiger partial charge in [-0.15, -0.1) is 24.8 Å². The van der Waals surface area contributed by atoms with Crippen LogP contribution < -0.4 is 11.5 Å². The zero-order valence-corrected chi connectivity index (χ0v) is 14.6. The monoisotopic (exact) mass is 338 g/mol. The summed E-state index contributed by atoms with van der Waals surface area (Å²) in [6.07, 6.45) is 0. The van der Waals surface area contributed by atoms with Crippen molar-refractivity contribution in [2.45, 2.75) is 20.0 Å². The molecule has 0 heterocycles. The molecular weight excluding hydrogens is 315 g/mol. The molecule has 1 aromatic rings. The third-order valence-electron chi connectivity index (χ3n) is 2.46. The van der Waals surface area contributed by atoms with Gasteiger partial charge in [-0.1, -0.05) is 30.8 Å². The SMILES string of the molecule is CCSC(N)=Nc1cccc(CN(C)C)c1CN.Cl.Cl. The van der Waals surface area contributed by atoms with Crippen molar-refractivity contribution in [2.24, 2.45) is 16.5 Å². The molecule has 0 unspecified atom stereocenters. The van der Waals surface area contributed by atoms with E-state index in [9.17, 15) is 0 Å². The van der Waals surface area contributed by atoms with Gasteiger partial charge in [0, 0.05) is 13.1 Å². The summed E-state index contributed by atoms with van der Waals surface area (Å²) in [7, 11) is 4.08. The molecule has 0 radical (unpaired) electrons. The first-order chi connectivity index (χ1) is 8.58. The van der Waals surface area contributed by atoms with Gasteiger partial charge in [-0.2, -0.15) is 0 Å². The van der Waals surface area contributed by atoms with Gasteiger partial charge in [0.15, 0.2) is 5.17 Å². The largest absolute Gasteiger partial charge is 0.378 e. The highest BCUT2D eigenvalue weighted by Crippen LogP contribution is 2.24. The lowest BCUT2D eigenvalue weighted by molar-refractivity contribution is 0.401. The summed E-state index contributed by atoms with van der Waals surface area (Å²) in [6.45, 7) is 3.39. The lowest BCUT2D eigenvalue weighted by atomic mass is 10.1. The van der Waals surface area contributed by atoms with Crippen LogP contribution in [-0.4, -0.2) is 29.9 Å². The third kappa shape index (κ3) is 6.81. The summed E-state index contributed by atoms with van der Waals surface area (Å²) >= 11 is 1.54. The van der Waals surface area contributed by atoms with Crippen LogP contribution >= 0.6 is 36.6 Å². The van der Waals surface area contributed by atoms with Gasteiger partial charge in [0.1, 0.15) is 0 Å². The van der Waals surface area contributed by atoms with E-state index >= 15 is 0 Å². The Morgan fingerprint density at radius 1 is 1.30 bits per heavy atom. The number of halogens is 2. The van der Waals surface area contributed by atoms with Crippen LogP contribution in [-0.2, 0) is 13.1 Å². The van der Waals surface area contributed by atoms with Crippen molar-refractivity contribution in [3.63, 3.8) is 0 Å². The fourth-order valence-corrected chi connectivity index (χ4v) is 2.21. The highest BCUT2D eigenvalue weighted by molar-refractivity contribution is 8.13. The van der Waals surface area contributed by atoms with Crippen LogP contribution in [0.25, 0.3) is 0 Å². The Hall–Kier alpha value is -0.460. The van der Waals surface area contributed by atoms with Crippen molar-refractivity contribution in [1.82, 2.24) is 4.90 Å². The first-order valence-electron chi connectivity index (χ1n) is 6.01. The highest BCUT2D eigenvalue weighted by Gasteiger charge is 2.07. The Bertz CT molecular complexity index is 425. The zero-order valence-electron chi connectivity index (χ0n) is 12.1. The maximum absolute atomic E-state index is 5.85. The van der Waals surface area contributed by atoms with E-state index < -0.39 is 0 Å². The standard InChI is InChI=1S/C13H22N4S.2ClH/c1-4-18-13(15)16-12-7-5-6-10(9-17(2)3)11(12)8-14;;/h5-7H,4,8-9,14H2,1-3H3,(H2,15,16);2*1H. The van der Waals surface area contributed by atoms with E-state index in [-0.39, 0.29) is 24.8 Å². The smallest absolute Gasteiger partial charge is 0.159 e. The molecule has 4 nitrogen and oxygen atoms in total. The average Bonchev–Trinajstić information content (AvgIpc) is 2.28. The highest BCUT2D eigenvalue weighted by atomic mass is 35.5. The lowest BCUT2D eigenvalue weighted by Gasteiger charge is -2.15. The number of thioether (sulfide) groups is 1. The zero-order chi connectivity index (χ0) is 13.5. The second-order valence-corrected chi connectivity index (χ2v) is 5.52. The van der Waals surface area contributed by atoms with E-state index in [0.29, 0.717) is 11.7 Å². The van der Waals surface area contributed by atoms with Crippen LogP contribution in [0.4, 0.5) is 5.69 Å². The van der Waals surface area contributed by atoms with E-state index in [1.54, 1.807) is 11.8 Å². The molecule has 0 saturated heterocycles. The first-order valence-corrected chi connectivity index (χ1v) is 6.99. The van der Waals surface area contributed by atoms with Gasteiger partial charge < -0.3 is 16.4 Å². The van der Waals surface area contributed by atoms with Crippen molar-refractivity contribution in [2.75, 3.05) is 19.8 Å². The Morgan fingerprint density at radius 3 is 2.45 bits per heavy atom. The summed E-state index contributed by atoms with van der Waals surface area (Å²) < 4.78 is 0. The quantitative estimate of drug-likeness (QED) is 0.639. The fraction of sp³-hybridized carbons (Fsp3) is 0.462. The number of benzene rings is 1. The van der Waals surface area contributed by atoms with Crippen molar-refractivity contribution in [3.8, 4) is 0 Å². The number of hydrogen-bond donors (Lipinski definition) is 2. The number of amidine groups is 1. The van der Waals surface area contributed by atoms with Crippen LogP contribution in [0.3, 0.4) is 0 Å². The summed E-state index contributed by atoms with van der Waals surface area (Å²) in [4.78, 5) is 6.56. The molecule has 0 amide bonds. The molecule has 1 rings (SSSR count). The molecule has 0 aromatic heterocycles. The minimum Gasteiger partial charge on any atom is -0.378 e. The molecule has 0 aliphatic rings. The molecule has 0 spiro atoms. The van der Waals surface area contributed by atoms with Gasteiger partial charge in [0.25, 0.3) is 0 Å². The molecule has 0 atom stereocenters. The van der Waals surface area contributed by atoms with Gasteiger partial charge in [0.2, 0.25) is 0 Å². The summed E-state index contributed by atoms with van der Waals surface area (Å²) in [6, 6.07) is 6.05. The summed E-state index contributed by atoms with van der Waals surface area (Å²) in [5.41, 5.74) is 14.9.